The summed E-state index contributed by atoms with van der Waals surface area (Å²) in [6.07, 6.45) is 5.48. The quantitative estimate of drug-likeness (QED) is 0.628. The van der Waals surface area contributed by atoms with E-state index in [2.05, 4.69) is 25.3 Å². The van der Waals surface area contributed by atoms with E-state index >= 15 is 0 Å². The van der Waals surface area contributed by atoms with Gasteiger partial charge in [0.05, 0.1) is 24.2 Å². The Bertz CT molecular complexity index is 1020. The van der Waals surface area contributed by atoms with Crippen LogP contribution >= 0.6 is 11.6 Å². The van der Waals surface area contributed by atoms with Gasteiger partial charge in [0.1, 0.15) is 11.6 Å². The number of nitrogens with zero attached hydrogens (tertiary/aromatic N) is 3. The van der Waals surface area contributed by atoms with Crippen LogP contribution in [0.25, 0.3) is 0 Å². The van der Waals surface area contributed by atoms with E-state index in [1.807, 2.05) is 6.07 Å². The Labute approximate surface area is 166 Å². The van der Waals surface area contributed by atoms with Gasteiger partial charge in [-0.05, 0) is 36.6 Å². The minimum absolute atomic E-state index is 0.173. The standard InChI is InChI=1S/C19H18ClN5O3/c1-28-16-6-4-12(9-14(16)20)3-5-15-13(10-24-19(27)25-15)18(26)23-11-17-21-7-2-8-22-17/h2,4,6-10H,3,5,11H2,1H3,(H,23,26)(H,24,25,27). The fourth-order valence-electron chi connectivity index (χ4n) is 2.63. The second-order valence-electron chi connectivity index (χ2n) is 5.90. The molecule has 0 radical (unpaired) electrons. The molecule has 0 aliphatic heterocycles. The molecular weight excluding hydrogens is 382 g/mol. The third-order valence-electron chi connectivity index (χ3n) is 4.04. The van der Waals surface area contributed by atoms with Gasteiger partial charge in [-0.25, -0.2) is 19.7 Å². The Hall–Kier alpha value is -3.26. The molecule has 0 saturated heterocycles. The first-order valence-corrected chi connectivity index (χ1v) is 8.89. The highest BCUT2D eigenvalue weighted by Crippen LogP contribution is 2.25. The van der Waals surface area contributed by atoms with Crippen LogP contribution in [-0.4, -0.2) is 33.0 Å². The number of nitrogens with one attached hydrogen (secondary N) is 2. The number of aryl methyl sites for hydroxylation is 2. The van der Waals surface area contributed by atoms with E-state index in [9.17, 15) is 9.59 Å². The summed E-state index contributed by atoms with van der Waals surface area (Å²) < 4.78 is 5.14. The van der Waals surface area contributed by atoms with Crippen LogP contribution in [0.4, 0.5) is 0 Å². The third-order valence-corrected chi connectivity index (χ3v) is 4.34. The number of amides is 1. The number of H-pyrrole nitrogens is 1. The number of benzene rings is 1. The lowest BCUT2D eigenvalue weighted by Crippen LogP contribution is -2.27. The number of rotatable bonds is 7. The minimum Gasteiger partial charge on any atom is -0.495 e. The van der Waals surface area contributed by atoms with Crippen molar-refractivity contribution < 1.29 is 9.53 Å². The van der Waals surface area contributed by atoms with Gasteiger partial charge in [-0.2, -0.15) is 0 Å². The molecule has 2 heterocycles. The van der Waals surface area contributed by atoms with Crippen LogP contribution in [-0.2, 0) is 19.4 Å². The molecule has 3 aromatic rings. The first-order valence-electron chi connectivity index (χ1n) is 8.51. The van der Waals surface area contributed by atoms with E-state index in [0.29, 0.717) is 40.7 Å². The van der Waals surface area contributed by atoms with Crippen LogP contribution in [0.5, 0.6) is 5.75 Å². The van der Waals surface area contributed by atoms with Crippen LogP contribution in [0.15, 0.2) is 47.7 Å². The molecule has 3 rings (SSSR count). The number of halogens is 1. The fraction of sp³-hybridized carbons (Fsp3) is 0.211. The molecular formula is C19H18ClN5O3. The Morgan fingerprint density at radius 3 is 2.71 bits per heavy atom. The summed E-state index contributed by atoms with van der Waals surface area (Å²) in [6, 6.07) is 7.16. The zero-order chi connectivity index (χ0) is 19.9. The molecule has 0 spiro atoms. The highest BCUT2D eigenvalue weighted by atomic mass is 35.5. The predicted molar refractivity (Wildman–Crippen MR) is 103 cm³/mol. The average molecular weight is 400 g/mol. The van der Waals surface area contributed by atoms with Crippen molar-refractivity contribution in [3.8, 4) is 5.75 Å². The van der Waals surface area contributed by atoms with Gasteiger partial charge < -0.3 is 15.0 Å². The zero-order valence-corrected chi connectivity index (χ0v) is 15.9. The number of aromatic nitrogens is 4. The number of ether oxygens (including phenoxy) is 1. The van der Waals surface area contributed by atoms with Crippen LogP contribution in [0, 0.1) is 0 Å². The van der Waals surface area contributed by atoms with E-state index in [1.165, 1.54) is 6.20 Å². The summed E-state index contributed by atoms with van der Waals surface area (Å²) in [5.74, 6) is 0.715. The molecule has 0 saturated carbocycles. The molecule has 0 aliphatic rings. The van der Waals surface area contributed by atoms with Gasteiger partial charge in [0, 0.05) is 24.3 Å². The number of methoxy groups -OCH3 is 1. The first kappa shape index (κ1) is 19.5. The third kappa shape index (κ3) is 4.92. The normalized spacial score (nSPS) is 10.5. The number of carbonyl (C=O) groups is 1. The summed E-state index contributed by atoms with van der Waals surface area (Å²) in [4.78, 5) is 38.6. The van der Waals surface area contributed by atoms with Crippen LogP contribution in [0.2, 0.25) is 5.02 Å². The number of hydrogen-bond acceptors (Lipinski definition) is 6. The second-order valence-corrected chi connectivity index (χ2v) is 6.30. The Morgan fingerprint density at radius 2 is 2.00 bits per heavy atom. The molecule has 2 aromatic heterocycles. The number of carbonyl (C=O) groups excluding carboxylic acids is 1. The second kappa shape index (κ2) is 9.09. The highest BCUT2D eigenvalue weighted by molar-refractivity contribution is 6.32. The van der Waals surface area contributed by atoms with Gasteiger partial charge in [0.25, 0.3) is 5.91 Å². The fourth-order valence-corrected chi connectivity index (χ4v) is 2.91. The van der Waals surface area contributed by atoms with Gasteiger partial charge in [-0.3, -0.25) is 4.79 Å². The van der Waals surface area contributed by atoms with Gasteiger partial charge in [0.15, 0.2) is 0 Å². The maximum Gasteiger partial charge on any atom is 0.345 e. The average Bonchev–Trinajstić information content (AvgIpc) is 2.71. The topological polar surface area (TPSA) is 110 Å². The van der Waals surface area contributed by atoms with E-state index in [-0.39, 0.29) is 12.5 Å². The lowest BCUT2D eigenvalue weighted by atomic mass is 10.0. The van der Waals surface area contributed by atoms with Crippen molar-refractivity contribution in [3.05, 3.63) is 81.0 Å². The van der Waals surface area contributed by atoms with E-state index in [4.69, 9.17) is 16.3 Å². The molecule has 28 heavy (non-hydrogen) atoms. The molecule has 0 unspecified atom stereocenters. The van der Waals surface area contributed by atoms with E-state index < -0.39 is 5.69 Å². The molecule has 8 nitrogen and oxygen atoms in total. The van der Waals surface area contributed by atoms with Crippen molar-refractivity contribution in [1.82, 2.24) is 25.3 Å². The maximum atomic E-state index is 12.5. The van der Waals surface area contributed by atoms with Gasteiger partial charge in [-0.1, -0.05) is 17.7 Å². The molecule has 1 amide bonds. The van der Waals surface area contributed by atoms with Crippen LogP contribution in [0.1, 0.15) is 27.4 Å². The summed E-state index contributed by atoms with van der Waals surface area (Å²) >= 11 is 6.15. The molecule has 2 N–H and O–H groups in total. The lowest BCUT2D eigenvalue weighted by molar-refractivity contribution is 0.0948. The largest absolute Gasteiger partial charge is 0.495 e. The number of hydrogen-bond donors (Lipinski definition) is 2. The first-order chi connectivity index (χ1) is 13.6. The van der Waals surface area contributed by atoms with Crippen molar-refractivity contribution in [2.24, 2.45) is 0 Å². The van der Waals surface area contributed by atoms with Crippen molar-refractivity contribution in [3.63, 3.8) is 0 Å². The van der Waals surface area contributed by atoms with E-state index in [1.54, 1.807) is 37.7 Å². The molecule has 0 atom stereocenters. The van der Waals surface area contributed by atoms with Gasteiger partial charge in [-0.15, -0.1) is 0 Å². The Morgan fingerprint density at radius 1 is 1.21 bits per heavy atom. The monoisotopic (exact) mass is 399 g/mol. The molecule has 0 aliphatic carbocycles. The Kier molecular flexibility index (Phi) is 6.33. The predicted octanol–water partition coefficient (Wildman–Crippen LogP) is 1.94. The van der Waals surface area contributed by atoms with Crippen LogP contribution < -0.4 is 15.7 Å². The zero-order valence-electron chi connectivity index (χ0n) is 15.1. The summed E-state index contributed by atoms with van der Waals surface area (Å²) in [7, 11) is 1.55. The lowest BCUT2D eigenvalue weighted by Gasteiger charge is -2.10. The van der Waals surface area contributed by atoms with Gasteiger partial charge in [0.2, 0.25) is 0 Å². The van der Waals surface area contributed by atoms with Crippen molar-refractivity contribution in [2.75, 3.05) is 7.11 Å². The van der Waals surface area contributed by atoms with Crippen LogP contribution in [0.3, 0.4) is 0 Å². The molecule has 1 aromatic carbocycles. The SMILES string of the molecule is COc1ccc(CCc2[nH]c(=O)ncc2C(=O)NCc2ncccn2)cc1Cl. The number of aromatic amines is 1. The van der Waals surface area contributed by atoms with Crippen molar-refractivity contribution in [1.29, 1.82) is 0 Å². The molecule has 9 heteroatoms. The smallest absolute Gasteiger partial charge is 0.345 e. The maximum absolute atomic E-state index is 12.5. The Balaban J connectivity index is 1.72. The minimum atomic E-state index is -0.509. The summed E-state index contributed by atoms with van der Waals surface area (Å²) in [6.45, 7) is 0.173. The molecule has 0 bridgehead atoms. The van der Waals surface area contributed by atoms with E-state index in [0.717, 1.165) is 5.56 Å². The summed E-state index contributed by atoms with van der Waals surface area (Å²) in [5.41, 5.74) is 1.24. The molecule has 0 fully saturated rings. The van der Waals surface area contributed by atoms with Crippen molar-refractivity contribution in [2.45, 2.75) is 19.4 Å². The van der Waals surface area contributed by atoms with Crippen molar-refractivity contribution >= 4 is 17.5 Å². The highest BCUT2D eigenvalue weighted by Gasteiger charge is 2.14. The summed E-state index contributed by atoms with van der Waals surface area (Å²) in [5, 5.41) is 3.24. The molecule has 144 valence electrons. The van der Waals surface area contributed by atoms with Gasteiger partial charge >= 0.3 is 5.69 Å².